The number of anilines is 1. The van der Waals surface area contributed by atoms with E-state index < -0.39 is 17.3 Å². The lowest BCUT2D eigenvalue weighted by Crippen LogP contribution is -2.33. The van der Waals surface area contributed by atoms with E-state index in [1.165, 1.54) is 0 Å². The van der Waals surface area contributed by atoms with Crippen molar-refractivity contribution in [3.8, 4) is 0 Å². The molecule has 1 saturated carbocycles. The van der Waals surface area contributed by atoms with Crippen LogP contribution < -0.4 is 5.32 Å². The van der Waals surface area contributed by atoms with E-state index in [9.17, 15) is 19.5 Å². The molecule has 0 atom stereocenters. The van der Waals surface area contributed by atoms with Gasteiger partial charge in [0.15, 0.2) is 0 Å². The molecule has 0 radical (unpaired) electrons. The highest BCUT2D eigenvalue weighted by Crippen LogP contribution is 2.46. The molecule has 1 aromatic carbocycles. The molecule has 0 unspecified atom stereocenters. The number of amides is 2. The smallest absolute Gasteiger partial charge is 0.319 e. The number of carbonyl (C=O) groups is 3. The summed E-state index contributed by atoms with van der Waals surface area (Å²) in [6, 6.07) is 7.24. The molecule has 7 heteroatoms. The zero-order chi connectivity index (χ0) is 18.9. The van der Waals surface area contributed by atoms with Gasteiger partial charge in [-0.05, 0) is 51.0 Å². The van der Waals surface area contributed by atoms with Crippen molar-refractivity contribution in [1.29, 1.82) is 0 Å². The first kappa shape index (κ1) is 18.0. The van der Waals surface area contributed by atoms with E-state index in [0.717, 1.165) is 10.9 Å². The number of fused-ring (bicyclic) bond motifs is 1. The van der Waals surface area contributed by atoms with Gasteiger partial charge in [0.25, 0.3) is 0 Å². The second-order valence-electron chi connectivity index (χ2n) is 6.62. The summed E-state index contributed by atoms with van der Waals surface area (Å²) >= 11 is 0. The van der Waals surface area contributed by atoms with Gasteiger partial charge in [0, 0.05) is 35.9 Å². The second kappa shape index (κ2) is 6.82. The lowest BCUT2D eigenvalue weighted by Gasteiger charge is -2.19. The molecule has 1 aliphatic rings. The molecule has 7 nitrogen and oxygen atoms in total. The molecule has 1 heterocycles. The van der Waals surface area contributed by atoms with Crippen LogP contribution in [0, 0.1) is 5.41 Å². The Hall–Kier alpha value is -2.83. The van der Waals surface area contributed by atoms with Gasteiger partial charge >= 0.3 is 5.97 Å². The second-order valence-corrected chi connectivity index (χ2v) is 6.62. The maximum Gasteiger partial charge on any atom is 0.319 e. The number of carboxylic acid groups (broad SMARTS) is 1. The van der Waals surface area contributed by atoms with Gasteiger partial charge in [0.05, 0.1) is 0 Å². The highest BCUT2D eigenvalue weighted by atomic mass is 16.4. The van der Waals surface area contributed by atoms with Crippen molar-refractivity contribution >= 4 is 34.4 Å². The van der Waals surface area contributed by atoms with Crippen molar-refractivity contribution < 1.29 is 19.5 Å². The molecule has 138 valence electrons. The van der Waals surface area contributed by atoms with E-state index in [1.54, 1.807) is 17.0 Å². The number of nitrogens with one attached hydrogen (secondary N) is 1. The van der Waals surface area contributed by atoms with Crippen LogP contribution >= 0.6 is 0 Å². The Bertz CT molecular complexity index is 863. The van der Waals surface area contributed by atoms with Crippen LogP contribution in [-0.2, 0) is 20.9 Å². The summed E-state index contributed by atoms with van der Waals surface area (Å²) in [6.07, 6.45) is 2.60. The molecule has 2 aromatic rings. The number of hydrogen-bond donors (Lipinski definition) is 2. The summed E-state index contributed by atoms with van der Waals surface area (Å²) in [5, 5.41) is 12.8. The van der Waals surface area contributed by atoms with Crippen molar-refractivity contribution in [2.45, 2.75) is 33.2 Å². The van der Waals surface area contributed by atoms with Crippen LogP contribution in [0.1, 0.15) is 26.7 Å². The number of aromatic nitrogens is 1. The largest absolute Gasteiger partial charge is 0.480 e. The predicted octanol–water partition coefficient (Wildman–Crippen LogP) is 2.31. The van der Waals surface area contributed by atoms with Crippen molar-refractivity contribution in [1.82, 2.24) is 9.47 Å². The quantitative estimate of drug-likeness (QED) is 0.744. The zero-order valence-corrected chi connectivity index (χ0v) is 15.0. The molecule has 1 aromatic heterocycles. The zero-order valence-electron chi connectivity index (χ0n) is 15.0. The molecule has 3 rings (SSSR count). The average molecular weight is 357 g/mol. The summed E-state index contributed by atoms with van der Waals surface area (Å²) in [7, 11) is 0. The van der Waals surface area contributed by atoms with Gasteiger partial charge in [0.2, 0.25) is 11.8 Å². The lowest BCUT2D eigenvalue weighted by molar-refractivity contribution is -0.147. The van der Waals surface area contributed by atoms with E-state index >= 15 is 0 Å². The first-order valence-electron chi connectivity index (χ1n) is 8.82. The Balaban J connectivity index is 1.76. The lowest BCUT2D eigenvalue weighted by atomic mass is 10.1. The third kappa shape index (κ3) is 3.16. The van der Waals surface area contributed by atoms with Crippen molar-refractivity contribution in [2.75, 3.05) is 18.4 Å². The topological polar surface area (TPSA) is 91.6 Å². The van der Waals surface area contributed by atoms with Crippen LogP contribution in [0.4, 0.5) is 5.69 Å². The molecule has 26 heavy (non-hydrogen) atoms. The maximum atomic E-state index is 12.3. The Morgan fingerprint density at radius 3 is 2.46 bits per heavy atom. The van der Waals surface area contributed by atoms with Gasteiger partial charge in [-0.1, -0.05) is 0 Å². The van der Waals surface area contributed by atoms with Gasteiger partial charge in [-0.25, -0.2) is 0 Å². The van der Waals surface area contributed by atoms with Crippen molar-refractivity contribution in [3.05, 3.63) is 30.5 Å². The summed E-state index contributed by atoms with van der Waals surface area (Å²) in [5.41, 5.74) is 0.183. The molecular formula is C19H23N3O4. The standard InChI is InChI=1S/C19H23N3O4/c1-3-21(4-2)16(23)12-22-10-7-13-11-14(5-6-15(13)22)20-17(24)19(8-9-19)18(25)26/h5-7,10-11H,3-4,8-9,12H2,1-2H3,(H,20,24)(H,25,26). The number of carboxylic acids is 1. The van der Waals surface area contributed by atoms with E-state index in [0.29, 0.717) is 31.6 Å². The monoisotopic (exact) mass is 357 g/mol. The average Bonchev–Trinajstić information content (AvgIpc) is 3.34. The van der Waals surface area contributed by atoms with Gasteiger partial charge < -0.3 is 19.9 Å². The third-order valence-corrected chi connectivity index (χ3v) is 5.04. The summed E-state index contributed by atoms with van der Waals surface area (Å²) in [5.74, 6) is -1.49. The fraction of sp³-hybridized carbons (Fsp3) is 0.421. The Morgan fingerprint density at radius 2 is 1.88 bits per heavy atom. The third-order valence-electron chi connectivity index (χ3n) is 5.04. The first-order valence-corrected chi connectivity index (χ1v) is 8.82. The highest BCUT2D eigenvalue weighted by Gasteiger charge is 2.57. The number of carbonyl (C=O) groups excluding carboxylic acids is 2. The van der Waals surface area contributed by atoms with E-state index in [4.69, 9.17) is 0 Å². The van der Waals surface area contributed by atoms with Crippen LogP contribution in [0.25, 0.3) is 10.9 Å². The minimum absolute atomic E-state index is 0.0574. The van der Waals surface area contributed by atoms with Gasteiger partial charge in [-0.15, -0.1) is 0 Å². The first-order chi connectivity index (χ1) is 12.4. The molecule has 1 fully saturated rings. The maximum absolute atomic E-state index is 12.3. The molecular weight excluding hydrogens is 334 g/mol. The molecule has 0 bridgehead atoms. The summed E-state index contributed by atoms with van der Waals surface area (Å²) in [4.78, 5) is 37.5. The van der Waals surface area contributed by atoms with Crippen LogP contribution in [-0.4, -0.2) is 45.4 Å². The molecule has 0 saturated heterocycles. The minimum atomic E-state index is -1.27. The highest BCUT2D eigenvalue weighted by molar-refractivity contribution is 6.11. The Morgan fingerprint density at radius 1 is 1.19 bits per heavy atom. The van der Waals surface area contributed by atoms with Crippen LogP contribution in [0.5, 0.6) is 0 Å². The number of likely N-dealkylation sites (N-methyl/N-ethyl adjacent to an activating group) is 1. The van der Waals surface area contributed by atoms with Crippen LogP contribution in [0.15, 0.2) is 30.5 Å². The predicted molar refractivity (Wildman–Crippen MR) is 97.8 cm³/mol. The summed E-state index contributed by atoms with van der Waals surface area (Å²) in [6.45, 7) is 5.52. The fourth-order valence-electron chi connectivity index (χ4n) is 3.15. The number of benzene rings is 1. The molecule has 1 aliphatic carbocycles. The fourth-order valence-corrected chi connectivity index (χ4v) is 3.15. The normalized spacial score (nSPS) is 14.8. The van der Waals surface area contributed by atoms with Gasteiger partial charge in [-0.2, -0.15) is 0 Å². The van der Waals surface area contributed by atoms with Crippen molar-refractivity contribution in [3.63, 3.8) is 0 Å². The minimum Gasteiger partial charge on any atom is -0.480 e. The SMILES string of the molecule is CCN(CC)C(=O)Cn1ccc2cc(NC(=O)C3(C(=O)O)CC3)ccc21. The molecule has 0 spiro atoms. The van der Waals surface area contributed by atoms with E-state index in [2.05, 4.69) is 5.32 Å². The van der Waals surface area contributed by atoms with Crippen LogP contribution in [0.2, 0.25) is 0 Å². The van der Waals surface area contributed by atoms with Crippen LogP contribution in [0.3, 0.4) is 0 Å². The number of hydrogen-bond acceptors (Lipinski definition) is 3. The number of aliphatic carboxylic acids is 1. The van der Waals surface area contributed by atoms with E-state index in [-0.39, 0.29) is 12.5 Å². The Labute approximate surface area is 151 Å². The van der Waals surface area contributed by atoms with Gasteiger partial charge in [-0.3, -0.25) is 14.4 Å². The Kier molecular flexibility index (Phi) is 4.71. The molecule has 2 N–H and O–H groups in total. The summed E-state index contributed by atoms with van der Waals surface area (Å²) < 4.78 is 1.88. The molecule has 2 amide bonds. The van der Waals surface area contributed by atoms with E-state index in [1.807, 2.05) is 36.7 Å². The number of nitrogens with zero attached hydrogens (tertiary/aromatic N) is 2. The van der Waals surface area contributed by atoms with Crippen molar-refractivity contribution in [2.24, 2.45) is 5.41 Å². The van der Waals surface area contributed by atoms with Gasteiger partial charge in [0.1, 0.15) is 12.0 Å². The number of rotatable bonds is 7. The molecule has 0 aliphatic heterocycles.